The number of nitrogens with zero attached hydrogens (tertiary/aromatic N) is 2. The first kappa shape index (κ1) is 17.1. The molecule has 0 amide bonds. The Labute approximate surface area is 138 Å². The van der Waals surface area contributed by atoms with E-state index < -0.39 is 18.0 Å². The Morgan fingerprint density at radius 1 is 1.26 bits per heavy atom. The zero-order chi connectivity index (χ0) is 17.0. The summed E-state index contributed by atoms with van der Waals surface area (Å²) in [7, 11) is 0. The highest BCUT2D eigenvalue weighted by Gasteiger charge is 2.24. The molecule has 1 aromatic heterocycles. The van der Waals surface area contributed by atoms with Gasteiger partial charge >= 0.3 is 5.97 Å². The van der Waals surface area contributed by atoms with Crippen LogP contribution in [0.2, 0.25) is 5.02 Å². The van der Waals surface area contributed by atoms with Crippen LogP contribution in [0.1, 0.15) is 48.4 Å². The van der Waals surface area contributed by atoms with Gasteiger partial charge in [-0.15, -0.1) is 0 Å². The monoisotopic (exact) mass is 336 g/mol. The smallest absolute Gasteiger partial charge is 0.309 e. The van der Waals surface area contributed by atoms with Gasteiger partial charge in [-0.05, 0) is 38.1 Å². The molecule has 122 valence electrons. The topological polar surface area (TPSA) is 82.3 Å². The fourth-order valence-electron chi connectivity index (χ4n) is 1.93. The van der Waals surface area contributed by atoms with E-state index in [0.29, 0.717) is 16.4 Å². The number of hydrogen-bond donors (Lipinski definition) is 0. The highest BCUT2D eigenvalue weighted by Crippen LogP contribution is 2.19. The third kappa shape index (κ3) is 4.63. The average molecular weight is 337 g/mol. The molecule has 0 aliphatic rings. The first-order valence-corrected chi connectivity index (χ1v) is 7.54. The van der Waals surface area contributed by atoms with Gasteiger partial charge in [-0.3, -0.25) is 9.59 Å². The molecular weight excluding hydrogens is 320 g/mol. The van der Waals surface area contributed by atoms with Gasteiger partial charge in [-0.2, -0.15) is 4.98 Å². The number of ketones is 1. The number of hydrogen-bond acceptors (Lipinski definition) is 6. The minimum atomic E-state index is -0.656. The normalized spacial score (nSPS) is 13.4. The van der Waals surface area contributed by atoms with Crippen molar-refractivity contribution >= 4 is 23.4 Å². The van der Waals surface area contributed by atoms with Crippen molar-refractivity contribution in [3.8, 4) is 0 Å². The van der Waals surface area contributed by atoms with E-state index in [1.165, 1.54) is 0 Å². The molecule has 0 saturated carbocycles. The molecule has 2 rings (SSSR count). The molecule has 7 heteroatoms. The number of aromatic nitrogens is 2. The van der Waals surface area contributed by atoms with Gasteiger partial charge in [-0.1, -0.05) is 23.7 Å². The van der Waals surface area contributed by atoms with E-state index in [9.17, 15) is 9.59 Å². The van der Waals surface area contributed by atoms with Crippen LogP contribution in [-0.4, -0.2) is 21.9 Å². The van der Waals surface area contributed by atoms with Gasteiger partial charge in [0.1, 0.15) is 0 Å². The second kappa shape index (κ2) is 7.37. The third-order valence-corrected chi connectivity index (χ3v) is 3.50. The number of carbonyl (C=O) groups excluding carboxylic acids is 2. The molecule has 0 radical (unpaired) electrons. The summed E-state index contributed by atoms with van der Waals surface area (Å²) in [6, 6.07) is 6.54. The Morgan fingerprint density at radius 2 is 1.91 bits per heavy atom. The second-order valence-corrected chi connectivity index (χ2v) is 5.73. The summed E-state index contributed by atoms with van der Waals surface area (Å²) in [6.45, 7) is 4.95. The van der Waals surface area contributed by atoms with Crippen molar-refractivity contribution in [1.82, 2.24) is 10.1 Å². The zero-order valence-electron chi connectivity index (χ0n) is 13.1. The number of ether oxygens (including phenoxy) is 1. The highest BCUT2D eigenvalue weighted by atomic mass is 35.5. The van der Waals surface area contributed by atoms with Gasteiger partial charge in [0.05, 0.1) is 5.92 Å². The van der Waals surface area contributed by atoms with Gasteiger partial charge in [0, 0.05) is 17.0 Å². The van der Waals surface area contributed by atoms with Crippen molar-refractivity contribution < 1.29 is 18.8 Å². The molecule has 0 bridgehead atoms. The molecule has 0 spiro atoms. The summed E-state index contributed by atoms with van der Waals surface area (Å²) in [5.74, 6) is -0.520. The van der Waals surface area contributed by atoms with E-state index in [1.807, 2.05) is 0 Å². The molecule has 0 aliphatic carbocycles. The highest BCUT2D eigenvalue weighted by molar-refractivity contribution is 6.30. The Morgan fingerprint density at radius 3 is 2.48 bits per heavy atom. The summed E-state index contributed by atoms with van der Waals surface area (Å²) < 4.78 is 10.2. The van der Waals surface area contributed by atoms with Gasteiger partial charge in [0.15, 0.2) is 17.7 Å². The Hall–Kier alpha value is -2.21. The van der Waals surface area contributed by atoms with E-state index in [1.54, 1.807) is 45.0 Å². The molecule has 0 aliphatic heterocycles. The summed E-state index contributed by atoms with van der Waals surface area (Å²) >= 11 is 5.78. The van der Waals surface area contributed by atoms with E-state index >= 15 is 0 Å². The van der Waals surface area contributed by atoms with E-state index in [2.05, 4.69) is 10.1 Å². The lowest BCUT2D eigenvalue weighted by Gasteiger charge is -2.13. The lowest BCUT2D eigenvalue weighted by atomic mass is 10.00. The molecular formula is C16H17ClN2O4. The van der Waals surface area contributed by atoms with E-state index in [4.69, 9.17) is 20.9 Å². The molecule has 0 N–H and O–H groups in total. The van der Waals surface area contributed by atoms with Crippen LogP contribution in [0.5, 0.6) is 0 Å². The minimum absolute atomic E-state index is 0.0516. The van der Waals surface area contributed by atoms with Gasteiger partial charge in [-0.25, -0.2) is 0 Å². The Bertz CT molecular complexity index is 696. The van der Waals surface area contributed by atoms with Crippen LogP contribution in [-0.2, 0) is 9.53 Å². The van der Waals surface area contributed by atoms with Crippen LogP contribution < -0.4 is 0 Å². The van der Waals surface area contributed by atoms with Crippen molar-refractivity contribution in [3.63, 3.8) is 0 Å². The number of aryl methyl sites for hydroxylation is 1. The summed E-state index contributed by atoms with van der Waals surface area (Å²) in [5.41, 5.74) is 0.509. The Balaban J connectivity index is 1.91. The fourth-order valence-corrected chi connectivity index (χ4v) is 2.06. The second-order valence-electron chi connectivity index (χ2n) is 5.29. The Kier molecular flexibility index (Phi) is 5.50. The van der Waals surface area contributed by atoms with Gasteiger partial charge < -0.3 is 9.26 Å². The standard InChI is InChI=1S/C16H17ClN2O4/c1-9(8-14(20)12-4-6-13(17)7-5-12)16(21)22-10(2)15-18-11(3)19-23-15/h4-7,9-10H,8H2,1-3H3. The van der Waals surface area contributed by atoms with Crippen molar-refractivity contribution in [3.05, 3.63) is 46.6 Å². The zero-order valence-corrected chi connectivity index (χ0v) is 13.8. The number of esters is 1. The van der Waals surface area contributed by atoms with Gasteiger partial charge in [0.2, 0.25) is 0 Å². The molecule has 2 unspecified atom stereocenters. The maximum atomic E-state index is 12.1. The van der Waals surface area contributed by atoms with Crippen molar-refractivity contribution in [2.75, 3.05) is 0 Å². The number of Topliss-reactive ketones (excluding diaryl/α,β-unsaturated/α-hetero) is 1. The van der Waals surface area contributed by atoms with Crippen molar-refractivity contribution in [2.45, 2.75) is 33.3 Å². The molecule has 6 nitrogen and oxygen atoms in total. The maximum absolute atomic E-state index is 12.1. The molecule has 1 aromatic carbocycles. The van der Waals surface area contributed by atoms with Crippen LogP contribution >= 0.6 is 11.6 Å². The largest absolute Gasteiger partial charge is 0.452 e. The summed E-state index contributed by atoms with van der Waals surface area (Å²) in [4.78, 5) is 28.2. The first-order valence-electron chi connectivity index (χ1n) is 7.16. The van der Waals surface area contributed by atoms with Crippen LogP contribution in [0.15, 0.2) is 28.8 Å². The van der Waals surface area contributed by atoms with E-state index in [-0.39, 0.29) is 18.1 Å². The predicted molar refractivity (Wildman–Crippen MR) is 83.1 cm³/mol. The predicted octanol–water partition coefficient (Wildman–Crippen LogP) is 3.54. The molecule has 23 heavy (non-hydrogen) atoms. The fraction of sp³-hybridized carbons (Fsp3) is 0.375. The summed E-state index contributed by atoms with van der Waals surface area (Å²) in [6.07, 6.45) is -0.604. The first-order chi connectivity index (χ1) is 10.9. The van der Waals surface area contributed by atoms with Crippen molar-refractivity contribution in [1.29, 1.82) is 0 Å². The molecule has 2 atom stereocenters. The minimum Gasteiger partial charge on any atom is -0.452 e. The van der Waals surface area contributed by atoms with E-state index in [0.717, 1.165) is 0 Å². The van der Waals surface area contributed by atoms with Crippen molar-refractivity contribution in [2.24, 2.45) is 5.92 Å². The quantitative estimate of drug-likeness (QED) is 0.592. The number of benzene rings is 1. The molecule has 2 aromatic rings. The van der Waals surface area contributed by atoms with Gasteiger partial charge in [0.25, 0.3) is 5.89 Å². The SMILES string of the molecule is Cc1noc(C(C)OC(=O)C(C)CC(=O)c2ccc(Cl)cc2)n1. The lowest BCUT2D eigenvalue weighted by Crippen LogP contribution is -2.20. The molecule has 0 fully saturated rings. The average Bonchev–Trinajstić information content (AvgIpc) is 2.94. The third-order valence-electron chi connectivity index (χ3n) is 3.24. The summed E-state index contributed by atoms with van der Waals surface area (Å²) in [5, 5.41) is 4.20. The lowest BCUT2D eigenvalue weighted by molar-refractivity contribution is -0.154. The number of carbonyl (C=O) groups is 2. The molecule has 0 saturated heterocycles. The molecule has 1 heterocycles. The maximum Gasteiger partial charge on any atom is 0.309 e. The van der Waals surface area contributed by atoms with Crippen LogP contribution in [0.4, 0.5) is 0 Å². The van der Waals surface area contributed by atoms with Crippen LogP contribution in [0, 0.1) is 12.8 Å². The number of halogens is 1. The number of rotatable bonds is 6. The van der Waals surface area contributed by atoms with Crippen LogP contribution in [0.3, 0.4) is 0 Å². The van der Waals surface area contributed by atoms with Crippen LogP contribution in [0.25, 0.3) is 0 Å².